The molecule has 1 aromatic heterocycles. The van der Waals surface area contributed by atoms with Gasteiger partial charge in [0.1, 0.15) is 11.5 Å². The van der Waals surface area contributed by atoms with Crippen LogP contribution in [0.3, 0.4) is 0 Å². The Kier molecular flexibility index (Phi) is 4.04. The maximum absolute atomic E-state index is 10.5. The molecule has 0 unspecified atom stereocenters. The van der Waals surface area contributed by atoms with Crippen molar-refractivity contribution < 1.29 is 9.66 Å². The summed E-state index contributed by atoms with van der Waals surface area (Å²) in [5, 5.41) is 13.6. The number of nitro benzene ring substituents is 1. The van der Waals surface area contributed by atoms with Crippen LogP contribution >= 0.6 is 0 Å². The van der Waals surface area contributed by atoms with Gasteiger partial charge < -0.3 is 10.1 Å². The summed E-state index contributed by atoms with van der Waals surface area (Å²) in [5.74, 6) is 1.13. The second kappa shape index (κ2) is 5.92. The molecule has 0 bridgehead atoms. The summed E-state index contributed by atoms with van der Waals surface area (Å²) in [5.41, 5.74) is 1.04. The van der Waals surface area contributed by atoms with Crippen LogP contribution in [0.2, 0.25) is 0 Å². The van der Waals surface area contributed by atoms with Crippen LogP contribution in [-0.4, -0.2) is 17.0 Å². The Bertz CT molecular complexity index is 570. The van der Waals surface area contributed by atoms with Gasteiger partial charge in [-0.2, -0.15) is 0 Å². The predicted molar refractivity (Wildman–Crippen MR) is 70.2 cm³/mol. The first-order valence-electron chi connectivity index (χ1n) is 5.70. The molecule has 1 heterocycles. The first kappa shape index (κ1) is 13.0. The molecule has 98 valence electrons. The molecule has 0 amide bonds. The highest BCUT2D eigenvalue weighted by Crippen LogP contribution is 2.23. The lowest BCUT2D eigenvalue weighted by molar-refractivity contribution is -0.384. The van der Waals surface area contributed by atoms with Gasteiger partial charge in [0.15, 0.2) is 0 Å². The molecule has 1 N–H and O–H groups in total. The van der Waals surface area contributed by atoms with Gasteiger partial charge in [-0.05, 0) is 30.8 Å². The van der Waals surface area contributed by atoms with Gasteiger partial charge in [0, 0.05) is 24.9 Å². The first-order chi connectivity index (χ1) is 9.19. The van der Waals surface area contributed by atoms with Crippen LogP contribution in [0.4, 0.5) is 5.69 Å². The number of rotatable bonds is 5. The quantitative estimate of drug-likeness (QED) is 0.659. The van der Waals surface area contributed by atoms with Gasteiger partial charge in [-0.25, -0.2) is 0 Å². The number of hydrogen-bond acceptors (Lipinski definition) is 5. The van der Waals surface area contributed by atoms with Crippen molar-refractivity contribution in [1.82, 2.24) is 10.3 Å². The van der Waals surface area contributed by atoms with E-state index in [0.717, 1.165) is 5.56 Å². The van der Waals surface area contributed by atoms with Gasteiger partial charge in [0.05, 0.1) is 11.1 Å². The lowest BCUT2D eigenvalue weighted by atomic mass is 10.2. The van der Waals surface area contributed by atoms with E-state index in [9.17, 15) is 10.1 Å². The standard InChI is InChI=1S/C13H13N3O3/c1-14-7-10-6-13(9-15-8-10)19-12-4-2-11(3-5-12)16(17)18/h2-6,8-9,14H,7H2,1H3. The molecule has 0 saturated carbocycles. The Morgan fingerprint density at radius 2 is 2.00 bits per heavy atom. The number of hydrogen-bond donors (Lipinski definition) is 1. The molecule has 6 nitrogen and oxygen atoms in total. The Morgan fingerprint density at radius 3 is 2.63 bits per heavy atom. The number of benzene rings is 1. The molecule has 0 aliphatic carbocycles. The molecule has 0 radical (unpaired) electrons. The minimum atomic E-state index is -0.446. The number of nitrogens with zero attached hydrogens (tertiary/aromatic N) is 2. The van der Waals surface area contributed by atoms with E-state index in [1.807, 2.05) is 13.1 Å². The minimum Gasteiger partial charge on any atom is -0.456 e. The van der Waals surface area contributed by atoms with E-state index in [1.165, 1.54) is 12.1 Å². The Labute approximate surface area is 110 Å². The van der Waals surface area contributed by atoms with Crippen molar-refractivity contribution in [2.24, 2.45) is 0 Å². The fourth-order valence-electron chi connectivity index (χ4n) is 1.59. The summed E-state index contributed by atoms with van der Waals surface area (Å²) in [6.07, 6.45) is 3.35. The van der Waals surface area contributed by atoms with Crippen LogP contribution in [0.25, 0.3) is 0 Å². The SMILES string of the molecule is CNCc1cncc(Oc2ccc([N+](=O)[O-])cc2)c1. The molecule has 0 aliphatic rings. The maximum atomic E-state index is 10.5. The van der Waals surface area contributed by atoms with Gasteiger partial charge in [-0.1, -0.05) is 0 Å². The number of non-ortho nitro benzene ring substituents is 1. The van der Waals surface area contributed by atoms with Gasteiger partial charge in [0.2, 0.25) is 0 Å². The fourth-order valence-corrected chi connectivity index (χ4v) is 1.59. The van der Waals surface area contributed by atoms with Crippen molar-refractivity contribution >= 4 is 5.69 Å². The van der Waals surface area contributed by atoms with Crippen LogP contribution in [0.15, 0.2) is 42.7 Å². The fraction of sp³-hybridized carbons (Fsp3) is 0.154. The van der Waals surface area contributed by atoms with Crippen LogP contribution in [0.1, 0.15) is 5.56 Å². The molecular formula is C13H13N3O3. The molecule has 0 fully saturated rings. The topological polar surface area (TPSA) is 77.3 Å². The van der Waals surface area contributed by atoms with Crippen LogP contribution < -0.4 is 10.1 Å². The van der Waals surface area contributed by atoms with Crippen LogP contribution in [0, 0.1) is 10.1 Å². The average molecular weight is 259 g/mol. The smallest absolute Gasteiger partial charge is 0.269 e. The molecule has 2 aromatic rings. The Hall–Kier alpha value is -2.47. The summed E-state index contributed by atoms with van der Waals surface area (Å²) < 4.78 is 5.59. The molecule has 0 spiro atoms. The van der Waals surface area contributed by atoms with E-state index in [1.54, 1.807) is 24.5 Å². The molecule has 0 saturated heterocycles. The zero-order valence-electron chi connectivity index (χ0n) is 10.4. The number of aromatic nitrogens is 1. The molecule has 0 aliphatic heterocycles. The zero-order valence-corrected chi connectivity index (χ0v) is 10.4. The Balaban J connectivity index is 2.12. The number of ether oxygens (including phenoxy) is 1. The van der Waals surface area contributed by atoms with Gasteiger partial charge in [-0.15, -0.1) is 0 Å². The molecule has 2 rings (SSSR count). The second-order valence-corrected chi connectivity index (χ2v) is 3.91. The molecule has 0 atom stereocenters. The normalized spacial score (nSPS) is 10.2. The summed E-state index contributed by atoms with van der Waals surface area (Å²) in [6, 6.07) is 7.79. The zero-order chi connectivity index (χ0) is 13.7. The maximum Gasteiger partial charge on any atom is 0.269 e. The number of nitrogens with one attached hydrogen (secondary N) is 1. The summed E-state index contributed by atoms with van der Waals surface area (Å²) in [4.78, 5) is 14.2. The Morgan fingerprint density at radius 1 is 1.26 bits per heavy atom. The summed E-state index contributed by atoms with van der Waals surface area (Å²) in [7, 11) is 1.85. The van der Waals surface area contributed by atoms with Crippen molar-refractivity contribution in [2.75, 3.05) is 7.05 Å². The molecular weight excluding hydrogens is 246 g/mol. The van der Waals surface area contributed by atoms with Gasteiger partial charge in [-0.3, -0.25) is 15.1 Å². The monoisotopic (exact) mass is 259 g/mol. The third-order valence-corrected chi connectivity index (χ3v) is 2.43. The van der Waals surface area contributed by atoms with Crippen molar-refractivity contribution in [1.29, 1.82) is 0 Å². The van der Waals surface area contributed by atoms with E-state index in [4.69, 9.17) is 4.74 Å². The highest BCUT2D eigenvalue weighted by molar-refractivity contribution is 5.38. The van der Waals surface area contributed by atoms with E-state index >= 15 is 0 Å². The number of pyridine rings is 1. The molecule has 6 heteroatoms. The van der Waals surface area contributed by atoms with E-state index in [-0.39, 0.29) is 5.69 Å². The molecule has 1 aromatic carbocycles. The van der Waals surface area contributed by atoms with Crippen molar-refractivity contribution in [3.63, 3.8) is 0 Å². The van der Waals surface area contributed by atoms with Gasteiger partial charge >= 0.3 is 0 Å². The lowest BCUT2D eigenvalue weighted by Crippen LogP contribution is -2.05. The largest absolute Gasteiger partial charge is 0.456 e. The van der Waals surface area contributed by atoms with E-state index < -0.39 is 4.92 Å². The van der Waals surface area contributed by atoms with Crippen molar-refractivity contribution in [2.45, 2.75) is 6.54 Å². The van der Waals surface area contributed by atoms with Gasteiger partial charge in [0.25, 0.3) is 5.69 Å². The van der Waals surface area contributed by atoms with Crippen molar-refractivity contribution in [3.05, 3.63) is 58.4 Å². The highest BCUT2D eigenvalue weighted by Gasteiger charge is 2.05. The predicted octanol–water partition coefficient (Wildman–Crippen LogP) is 2.50. The minimum absolute atomic E-state index is 0.0365. The third-order valence-electron chi connectivity index (χ3n) is 2.43. The van der Waals surface area contributed by atoms with E-state index in [2.05, 4.69) is 10.3 Å². The summed E-state index contributed by atoms with van der Waals surface area (Å²) >= 11 is 0. The van der Waals surface area contributed by atoms with E-state index in [0.29, 0.717) is 18.0 Å². The second-order valence-electron chi connectivity index (χ2n) is 3.91. The van der Waals surface area contributed by atoms with Crippen LogP contribution in [0.5, 0.6) is 11.5 Å². The van der Waals surface area contributed by atoms with Crippen LogP contribution in [-0.2, 0) is 6.54 Å². The highest BCUT2D eigenvalue weighted by atomic mass is 16.6. The summed E-state index contributed by atoms with van der Waals surface area (Å²) in [6.45, 7) is 0.699. The van der Waals surface area contributed by atoms with Crippen molar-refractivity contribution in [3.8, 4) is 11.5 Å². The third kappa shape index (κ3) is 3.49. The lowest BCUT2D eigenvalue weighted by Gasteiger charge is -2.06. The average Bonchev–Trinajstić information content (AvgIpc) is 2.40. The number of nitro groups is 1. The first-order valence-corrected chi connectivity index (χ1v) is 5.70. The molecule has 19 heavy (non-hydrogen) atoms.